The van der Waals surface area contributed by atoms with E-state index in [-0.39, 0.29) is 5.56 Å². The van der Waals surface area contributed by atoms with Crippen molar-refractivity contribution >= 4 is 11.8 Å². The molecule has 0 aliphatic rings. The van der Waals surface area contributed by atoms with Gasteiger partial charge in [-0.1, -0.05) is 16.9 Å². The quantitative estimate of drug-likeness (QED) is 0.533. The highest BCUT2D eigenvalue weighted by Gasteiger charge is 2.17. The molecule has 0 amide bonds. The van der Waals surface area contributed by atoms with Crippen molar-refractivity contribution in [1.29, 1.82) is 5.26 Å². The number of nitrogens with one attached hydrogen (secondary N) is 1. The molecule has 0 fully saturated rings. The first-order valence-corrected chi connectivity index (χ1v) is 9.38. The average molecular weight is 382 g/mol. The summed E-state index contributed by atoms with van der Waals surface area (Å²) in [4.78, 5) is 19.2. The van der Waals surface area contributed by atoms with E-state index in [1.165, 1.54) is 11.8 Å². The molecule has 0 atom stereocenters. The first-order valence-electron chi connectivity index (χ1n) is 8.16. The summed E-state index contributed by atoms with van der Waals surface area (Å²) in [7, 11) is 1.60. The van der Waals surface area contributed by atoms with Gasteiger partial charge in [0, 0.05) is 17.5 Å². The van der Waals surface area contributed by atoms with Crippen molar-refractivity contribution in [2.24, 2.45) is 0 Å². The van der Waals surface area contributed by atoms with E-state index in [1.807, 2.05) is 38.3 Å². The smallest absolute Gasteiger partial charge is 0.270 e. The fraction of sp³-hybridized carbons (Fsp3) is 0.263. The Morgan fingerprint density at radius 2 is 2.15 bits per heavy atom. The number of aryl methyl sites for hydroxylation is 2. The van der Waals surface area contributed by atoms with Crippen molar-refractivity contribution in [1.82, 2.24) is 15.1 Å². The van der Waals surface area contributed by atoms with Crippen LogP contribution in [0.4, 0.5) is 0 Å². The number of rotatable bonds is 5. The highest BCUT2D eigenvalue weighted by Crippen LogP contribution is 2.30. The maximum absolute atomic E-state index is 12.2. The number of hydrogen-bond donors (Lipinski definition) is 1. The summed E-state index contributed by atoms with van der Waals surface area (Å²) in [5.74, 6) is 1.45. The van der Waals surface area contributed by atoms with Crippen molar-refractivity contribution < 1.29 is 9.26 Å². The Labute approximate surface area is 160 Å². The summed E-state index contributed by atoms with van der Waals surface area (Å²) < 4.78 is 10.7. The molecule has 0 saturated carbocycles. The number of thioether (sulfide) groups is 1. The molecular formula is C19H18N4O3S. The van der Waals surface area contributed by atoms with Gasteiger partial charge in [0.1, 0.15) is 23.1 Å². The minimum absolute atomic E-state index is 0.0127. The third-order valence-electron chi connectivity index (χ3n) is 4.31. The van der Waals surface area contributed by atoms with Crippen molar-refractivity contribution in [3.05, 3.63) is 56.7 Å². The predicted octanol–water partition coefficient (Wildman–Crippen LogP) is 3.23. The summed E-state index contributed by atoms with van der Waals surface area (Å²) >= 11 is 1.31. The topological polar surface area (TPSA) is 105 Å². The Kier molecular flexibility index (Phi) is 5.33. The Morgan fingerprint density at radius 1 is 1.37 bits per heavy atom. The van der Waals surface area contributed by atoms with Crippen molar-refractivity contribution in [3.8, 4) is 23.1 Å². The molecule has 1 N–H and O–H groups in total. The lowest BCUT2D eigenvalue weighted by Gasteiger charge is -2.12. The van der Waals surface area contributed by atoms with Gasteiger partial charge in [-0.3, -0.25) is 4.79 Å². The Morgan fingerprint density at radius 3 is 2.74 bits per heavy atom. The van der Waals surface area contributed by atoms with E-state index < -0.39 is 5.56 Å². The number of aromatic amines is 1. The van der Waals surface area contributed by atoms with E-state index in [9.17, 15) is 10.1 Å². The largest absolute Gasteiger partial charge is 0.496 e. The number of aromatic nitrogens is 3. The van der Waals surface area contributed by atoms with Gasteiger partial charge in [0.05, 0.1) is 18.5 Å². The number of nitrogens with zero attached hydrogens (tertiary/aromatic N) is 3. The summed E-state index contributed by atoms with van der Waals surface area (Å²) in [5.41, 5.74) is 3.26. The maximum atomic E-state index is 12.2. The van der Waals surface area contributed by atoms with Crippen LogP contribution in [0.15, 0.2) is 32.7 Å². The first-order chi connectivity index (χ1) is 13.0. The summed E-state index contributed by atoms with van der Waals surface area (Å²) in [6.45, 7) is 3.75. The lowest BCUT2D eigenvalue weighted by Crippen LogP contribution is -2.14. The molecule has 2 aromatic heterocycles. The Bertz CT molecular complexity index is 1080. The average Bonchev–Trinajstić information content (AvgIpc) is 2.99. The van der Waals surface area contributed by atoms with Crippen LogP contribution in [0.1, 0.15) is 28.1 Å². The van der Waals surface area contributed by atoms with E-state index in [2.05, 4.69) is 15.1 Å². The zero-order valence-corrected chi connectivity index (χ0v) is 16.2. The molecule has 0 saturated heterocycles. The van der Waals surface area contributed by atoms with E-state index in [4.69, 9.17) is 9.26 Å². The third kappa shape index (κ3) is 3.59. The monoisotopic (exact) mass is 382 g/mol. The third-order valence-corrected chi connectivity index (χ3v) is 4.89. The zero-order chi connectivity index (χ0) is 19.6. The fourth-order valence-electron chi connectivity index (χ4n) is 2.87. The second-order valence-electron chi connectivity index (χ2n) is 5.92. The number of methoxy groups -OCH3 is 1. The molecule has 7 nitrogen and oxygen atoms in total. The molecule has 0 aliphatic carbocycles. The van der Waals surface area contributed by atoms with Crippen LogP contribution in [0.2, 0.25) is 0 Å². The molecular weight excluding hydrogens is 364 g/mol. The fourth-order valence-corrected chi connectivity index (χ4v) is 3.25. The summed E-state index contributed by atoms with van der Waals surface area (Å²) in [5, 5.41) is 13.9. The Balaban J connectivity index is 2.16. The number of benzene rings is 1. The van der Waals surface area contributed by atoms with E-state index in [1.54, 1.807) is 13.2 Å². The summed E-state index contributed by atoms with van der Waals surface area (Å²) in [6.07, 6.45) is 2.36. The van der Waals surface area contributed by atoms with Crippen LogP contribution in [0.5, 0.6) is 5.75 Å². The standard InChI is InChI=1S/C19H18N4O3S/c1-10-14(11(2)26-23-10)8-13-7-12(5-6-16(13)25-3)17-15(9-20)18(24)22-19(21-17)27-4/h5-7H,8H2,1-4H3,(H,21,22,24). The number of nitriles is 1. The van der Waals surface area contributed by atoms with Gasteiger partial charge in [-0.2, -0.15) is 5.26 Å². The molecule has 1 aromatic carbocycles. The molecule has 0 spiro atoms. The van der Waals surface area contributed by atoms with E-state index in [0.717, 1.165) is 22.6 Å². The lowest BCUT2D eigenvalue weighted by molar-refractivity contribution is 0.392. The van der Waals surface area contributed by atoms with Gasteiger partial charge in [0.15, 0.2) is 5.16 Å². The summed E-state index contributed by atoms with van der Waals surface area (Å²) in [6, 6.07) is 7.45. The van der Waals surface area contributed by atoms with Crippen LogP contribution in [-0.2, 0) is 6.42 Å². The normalized spacial score (nSPS) is 10.6. The molecule has 3 rings (SSSR count). The molecule has 8 heteroatoms. The lowest BCUT2D eigenvalue weighted by atomic mass is 9.98. The highest BCUT2D eigenvalue weighted by molar-refractivity contribution is 7.98. The predicted molar refractivity (Wildman–Crippen MR) is 102 cm³/mol. The molecule has 27 heavy (non-hydrogen) atoms. The van der Waals surface area contributed by atoms with E-state index >= 15 is 0 Å². The van der Waals surface area contributed by atoms with Crippen LogP contribution >= 0.6 is 11.8 Å². The van der Waals surface area contributed by atoms with Crippen LogP contribution in [0.25, 0.3) is 11.3 Å². The molecule has 0 unspecified atom stereocenters. The molecule has 138 valence electrons. The van der Waals surface area contributed by atoms with Gasteiger partial charge in [-0.05, 0) is 43.9 Å². The van der Waals surface area contributed by atoms with Gasteiger partial charge in [-0.25, -0.2) is 4.98 Å². The van der Waals surface area contributed by atoms with Crippen LogP contribution < -0.4 is 10.3 Å². The van der Waals surface area contributed by atoms with Crippen LogP contribution in [0, 0.1) is 25.2 Å². The SMILES string of the molecule is COc1ccc(-c2nc(SC)[nH]c(=O)c2C#N)cc1Cc1c(C)noc1C. The van der Waals surface area contributed by atoms with Gasteiger partial charge in [0.2, 0.25) is 0 Å². The van der Waals surface area contributed by atoms with Crippen molar-refractivity contribution in [2.45, 2.75) is 25.4 Å². The number of ether oxygens (including phenoxy) is 1. The van der Waals surface area contributed by atoms with E-state index in [0.29, 0.717) is 28.6 Å². The van der Waals surface area contributed by atoms with Gasteiger partial charge >= 0.3 is 0 Å². The molecule has 0 radical (unpaired) electrons. The molecule has 0 bridgehead atoms. The minimum atomic E-state index is -0.449. The van der Waals surface area contributed by atoms with Crippen molar-refractivity contribution in [2.75, 3.05) is 13.4 Å². The molecule has 2 heterocycles. The van der Waals surface area contributed by atoms with Gasteiger partial charge in [-0.15, -0.1) is 0 Å². The first kappa shape index (κ1) is 18.7. The maximum Gasteiger partial charge on any atom is 0.270 e. The van der Waals surface area contributed by atoms with Crippen LogP contribution in [-0.4, -0.2) is 28.5 Å². The molecule has 3 aromatic rings. The zero-order valence-electron chi connectivity index (χ0n) is 15.4. The minimum Gasteiger partial charge on any atom is -0.496 e. The number of hydrogen-bond acceptors (Lipinski definition) is 7. The second-order valence-corrected chi connectivity index (χ2v) is 6.71. The highest BCUT2D eigenvalue weighted by atomic mass is 32.2. The molecule has 0 aliphatic heterocycles. The van der Waals surface area contributed by atoms with Gasteiger partial charge < -0.3 is 14.2 Å². The van der Waals surface area contributed by atoms with Crippen LogP contribution in [0.3, 0.4) is 0 Å². The van der Waals surface area contributed by atoms with Gasteiger partial charge in [0.25, 0.3) is 5.56 Å². The second kappa shape index (κ2) is 7.68. The Hall–Kier alpha value is -3.05. The van der Waals surface area contributed by atoms with Crippen molar-refractivity contribution in [3.63, 3.8) is 0 Å². The number of H-pyrrole nitrogens is 1.